The monoisotopic (exact) mass is 413 g/mol. The molecule has 0 radical (unpaired) electrons. The van der Waals surface area contributed by atoms with E-state index >= 15 is 0 Å². The van der Waals surface area contributed by atoms with E-state index < -0.39 is 7.60 Å². The van der Waals surface area contributed by atoms with Crippen molar-refractivity contribution in [3.8, 4) is 5.75 Å². The minimum absolute atomic E-state index is 0.190. The van der Waals surface area contributed by atoms with E-state index in [0.29, 0.717) is 18.8 Å². The van der Waals surface area contributed by atoms with Crippen molar-refractivity contribution in [3.63, 3.8) is 0 Å². The van der Waals surface area contributed by atoms with Gasteiger partial charge in [-0.25, -0.2) is 0 Å². The van der Waals surface area contributed by atoms with Gasteiger partial charge in [0.25, 0.3) is 0 Å². The quantitative estimate of drug-likeness (QED) is 0.633. The minimum Gasteiger partial charge on any atom is -0.507 e. The van der Waals surface area contributed by atoms with Crippen molar-refractivity contribution >= 4 is 25.4 Å². The third-order valence-corrected chi connectivity index (χ3v) is 6.31. The zero-order valence-electron chi connectivity index (χ0n) is 17.1. The number of benzene rings is 1. The predicted molar refractivity (Wildman–Crippen MR) is 114 cm³/mol. The lowest BCUT2D eigenvalue weighted by Gasteiger charge is -2.29. The van der Waals surface area contributed by atoms with E-state index in [9.17, 15) is 19.5 Å². The summed E-state index contributed by atoms with van der Waals surface area (Å²) >= 11 is 1.72. The van der Waals surface area contributed by atoms with Crippen LogP contribution in [0.2, 0.25) is 0 Å². The summed E-state index contributed by atoms with van der Waals surface area (Å²) in [7, 11) is -4.05. The lowest BCUT2D eigenvalue weighted by atomic mass is 9.78. The van der Waals surface area contributed by atoms with E-state index in [2.05, 4.69) is 47.6 Å². The third kappa shape index (κ3) is 6.37. The van der Waals surface area contributed by atoms with Gasteiger partial charge < -0.3 is 14.9 Å². The fourth-order valence-corrected chi connectivity index (χ4v) is 5.06. The Hall–Kier alpha value is -0.780. The second-order valence-electron chi connectivity index (χ2n) is 9.28. The molecule has 1 fully saturated rings. The van der Waals surface area contributed by atoms with Crippen molar-refractivity contribution in [1.82, 2.24) is 4.90 Å². The van der Waals surface area contributed by atoms with Gasteiger partial charge in [-0.2, -0.15) is 0 Å². The van der Waals surface area contributed by atoms with Gasteiger partial charge in [-0.1, -0.05) is 41.5 Å². The van der Waals surface area contributed by atoms with Crippen LogP contribution in [0, 0.1) is 0 Å². The standard InChI is InChI=1S/C20H32NO4PS/c1-19(2,3)16-10-14(11-17(18(16)22)20(4,5)6)9-15-12-21(7-8-27-15)13-26(23,24)25/h9-11,22H,7-8,12-13H2,1-6H3,(H2,23,24,25). The lowest BCUT2D eigenvalue weighted by Crippen LogP contribution is -2.32. The molecule has 0 aliphatic carbocycles. The zero-order valence-corrected chi connectivity index (χ0v) is 18.8. The second kappa shape index (κ2) is 7.92. The van der Waals surface area contributed by atoms with Crippen LogP contribution >= 0.6 is 19.4 Å². The summed E-state index contributed by atoms with van der Waals surface area (Å²) in [5.74, 6) is 1.17. The summed E-state index contributed by atoms with van der Waals surface area (Å²) in [6.07, 6.45) is 1.88. The molecule has 1 aliphatic heterocycles. The maximum absolute atomic E-state index is 11.3. The van der Waals surface area contributed by atoms with Crippen LogP contribution in [0.25, 0.3) is 6.08 Å². The number of phenols is 1. The molecule has 1 aromatic rings. The van der Waals surface area contributed by atoms with Gasteiger partial charge in [0.2, 0.25) is 0 Å². The number of rotatable bonds is 3. The van der Waals surface area contributed by atoms with Gasteiger partial charge in [-0.05, 0) is 39.5 Å². The van der Waals surface area contributed by atoms with Crippen LogP contribution in [0.3, 0.4) is 0 Å². The van der Waals surface area contributed by atoms with E-state index in [0.717, 1.165) is 27.3 Å². The summed E-state index contributed by atoms with van der Waals surface area (Å²) < 4.78 is 11.3. The highest BCUT2D eigenvalue weighted by atomic mass is 32.2. The summed E-state index contributed by atoms with van der Waals surface area (Å²) in [4.78, 5) is 21.4. The average Bonchev–Trinajstić information content (AvgIpc) is 2.45. The van der Waals surface area contributed by atoms with Crippen LogP contribution < -0.4 is 0 Å². The SMILES string of the molecule is CC(C)(C)c1cc(C=C2CN(CP(=O)(O)O)CCS2)cc(C(C)(C)C)c1O. The Morgan fingerprint density at radius 3 is 2.07 bits per heavy atom. The van der Waals surface area contributed by atoms with Crippen molar-refractivity contribution < 1.29 is 19.5 Å². The Morgan fingerprint density at radius 2 is 1.63 bits per heavy atom. The van der Waals surface area contributed by atoms with Gasteiger partial charge in [0.15, 0.2) is 0 Å². The second-order valence-corrected chi connectivity index (χ2v) is 12.1. The normalized spacial score (nSPS) is 18.9. The minimum atomic E-state index is -4.05. The summed E-state index contributed by atoms with van der Waals surface area (Å²) in [6.45, 7) is 13.7. The van der Waals surface area contributed by atoms with Gasteiger partial charge in [0.05, 0.1) is 0 Å². The molecule has 0 amide bonds. The molecule has 0 bridgehead atoms. The molecular formula is C20H32NO4PS. The van der Waals surface area contributed by atoms with Gasteiger partial charge >= 0.3 is 7.60 Å². The number of hydrogen-bond donors (Lipinski definition) is 3. The van der Waals surface area contributed by atoms with Crippen molar-refractivity contribution in [2.75, 3.05) is 25.1 Å². The van der Waals surface area contributed by atoms with E-state index in [1.165, 1.54) is 0 Å². The zero-order chi connectivity index (χ0) is 20.6. The molecule has 0 unspecified atom stereocenters. The molecule has 2 rings (SSSR count). The van der Waals surface area contributed by atoms with Gasteiger partial charge in [-0.3, -0.25) is 9.46 Å². The maximum atomic E-state index is 11.3. The number of thioether (sulfide) groups is 1. The Bertz CT molecular complexity index is 736. The Balaban J connectivity index is 2.43. The Kier molecular flexibility index (Phi) is 6.60. The fourth-order valence-electron chi connectivity index (χ4n) is 3.19. The van der Waals surface area contributed by atoms with Crippen LogP contribution in [0.15, 0.2) is 17.0 Å². The van der Waals surface area contributed by atoms with Crippen LogP contribution in [0.5, 0.6) is 5.75 Å². The van der Waals surface area contributed by atoms with Crippen LogP contribution in [-0.2, 0) is 15.4 Å². The molecule has 1 aromatic carbocycles. The van der Waals surface area contributed by atoms with Gasteiger partial charge in [-0.15, -0.1) is 11.8 Å². The molecule has 3 N–H and O–H groups in total. The predicted octanol–water partition coefficient (Wildman–Crippen LogP) is 4.51. The molecule has 7 heteroatoms. The molecule has 0 aromatic heterocycles. The first kappa shape index (κ1) is 22.5. The summed E-state index contributed by atoms with van der Waals surface area (Å²) in [5, 5.41) is 10.8. The molecular weight excluding hydrogens is 381 g/mol. The summed E-state index contributed by atoms with van der Waals surface area (Å²) in [5.41, 5.74) is 2.46. The average molecular weight is 414 g/mol. The molecule has 1 heterocycles. The van der Waals surface area contributed by atoms with Gasteiger partial charge in [0, 0.05) is 30.0 Å². The molecule has 152 valence electrons. The van der Waals surface area contributed by atoms with E-state index in [1.807, 2.05) is 12.1 Å². The third-order valence-electron chi connectivity index (χ3n) is 4.53. The van der Waals surface area contributed by atoms with Crippen molar-refractivity contribution in [1.29, 1.82) is 0 Å². The molecule has 0 atom stereocenters. The number of aromatic hydroxyl groups is 1. The van der Waals surface area contributed by atoms with Gasteiger partial charge in [0.1, 0.15) is 12.0 Å². The first-order chi connectivity index (χ1) is 12.2. The highest BCUT2D eigenvalue weighted by molar-refractivity contribution is 8.03. The van der Waals surface area contributed by atoms with Crippen LogP contribution in [0.1, 0.15) is 58.2 Å². The fraction of sp³-hybridized carbons (Fsp3) is 0.600. The van der Waals surface area contributed by atoms with Crippen molar-refractivity contribution in [3.05, 3.63) is 33.7 Å². The van der Waals surface area contributed by atoms with E-state index in [-0.39, 0.29) is 17.1 Å². The van der Waals surface area contributed by atoms with E-state index in [4.69, 9.17) is 0 Å². The first-order valence-electron chi connectivity index (χ1n) is 9.15. The number of hydrogen-bond acceptors (Lipinski definition) is 4. The number of nitrogens with zero attached hydrogens (tertiary/aromatic N) is 1. The molecule has 0 saturated carbocycles. The first-order valence-corrected chi connectivity index (χ1v) is 11.9. The highest BCUT2D eigenvalue weighted by Crippen LogP contribution is 2.41. The molecule has 27 heavy (non-hydrogen) atoms. The molecule has 5 nitrogen and oxygen atoms in total. The van der Waals surface area contributed by atoms with Crippen molar-refractivity contribution in [2.45, 2.75) is 52.4 Å². The smallest absolute Gasteiger partial charge is 0.339 e. The van der Waals surface area contributed by atoms with Crippen LogP contribution in [0.4, 0.5) is 0 Å². The highest BCUT2D eigenvalue weighted by Gasteiger charge is 2.27. The van der Waals surface area contributed by atoms with E-state index in [1.54, 1.807) is 16.7 Å². The molecule has 1 saturated heterocycles. The maximum Gasteiger partial charge on any atom is 0.339 e. The summed E-state index contributed by atoms with van der Waals surface area (Å²) in [6, 6.07) is 4.06. The Morgan fingerprint density at radius 1 is 1.11 bits per heavy atom. The molecule has 1 aliphatic rings. The number of phenolic OH excluding ortho intramolecular Hbond substituents is 1. The molecule has 0 spiro atoms. The van der Waals surface area contributed by atoms with Crippen LogP contribution in [-0.4, -0.2) is 44.9 Å². The lowest BCUT2D eigenvalue weighted by molar-refractivity contribution is 0.302. The topological polar surface area (TPSA) is 81.0 Å². The Labute approximate surface area is 167 Å². The van der Waals surface area contributed by atoms with Crippen molar-refractivity contribution in [2.24, 2.45) is 0 Å². The largest absolute Gasteiger partial charge is 0.507 e.